The number of hydrogen-bond donors (Lipinski definition) is 1. The zero-order chi connectivity index (χ0) is 24.2. The lowest BCUT2D eigenvalue weighted by Crippen LogP contribution is -2.23. The van der Waals surface area contributed by atoms with E-state index in [0.29, 0.717) is 21.7 Å². The zero-order valence-electron chi connectivity index (χ0n) is 18.0. The van der Waals surface area contributed by atoms with Gasteiger partial charge < -0.3 is 5.32 Å². The molecule has 0 spiro atoms. The number of non-ortho nitro benzene ring substituents is 1. The van der Waals surface area contributed by atoms with E-state index < -0.39 is 16.6 Å². The third kappa shape index (κ3) is 4.81. The molecule has 4 aromatic rings. The van der Waals surface area contributed by atoms with Crippen LogP contribution in [0.15, 0.2) is 76.7 Å². The van der Waals surface area contributed by atoms with Crippen molar-refractivity contribution in [3.8, 4) is 5.69 Å². The molecule has 0 fully saturated rings. The molecule has 4 rings (SSSR count). The number of nitro groups is 1. The summed E-state index contributed by atoms with van der Waals surface area (Å²) in [7, 11) is 0. The Morgan fingerprint density at radius 1 is 1.15 bits per heavy atom. The topological polar surface area (TPSA) is 107 Å². The lowest BCUT2D eigenvalue weighted by molar-refractivity contribution is -0.384. The second-order valence-corrected chi connectivity index (χ2v) is 8.27. The highest BCUT2D eigenvalue weighted by atomic mass is 32.2. The summed E-state index contributed by atoms with van der Waals surface area (Å²) in [5.41, 5.74) is 1.29. The Morgan fingerprint density at radius 2 is 1.88 bits per heavy atom. The van der Waals surface area contributed by atoms with E-state index in [9.17, 15) is 24.1 Å². The monoisotopic (exact) mass is 478 g/mol. The highest BCUT2D eigenvalue weighted by Gasteiger charge is 2.17. The number of benzene rings is 3. The third-order valence-corrected chi connectivity index (χ3v) is 6.05. The van der Waals surface area contributed by atoms with E-state index >= 15 is 0 Å². The maximum absolute atomic E-state index is 14.0. The number of thioether (sulfide) groups is 1. The van der Waals surface area contributed by atoms with Crippen LogP contribution in [0.4, 0.5) is 15.8 Å². The fraction of sp³-hybridized carbons (Fsp3) is 0.125. The predicted molar refractivity (Wildman–Crippen MR) is 129 cm³/mol. The van der Waals surface area contributed by atoms with Gasteiger partial charge in [-0.05, 0) is 42.3 Å². The van der Waals surface area contributed by atoms with Gasteiger partial charge in [0.2, 0.25) is 5.91 Å². The number of nitrogens with zero attached hydrogens (tertiary/aromatic N) is 3. The van der Waals surface area contributed by atoms with Crippen LogP contribution >= 0.6 is 11.8 Å². The molecule has 0 saturated heterocycles. The molecular formula is C24H19FN4O4S. The van der Waals surface area contributed by atoms with E-state index in [0.717, 1.165) is 41.9 Å². The van der Waals surface area contributed by atoms with E-state index in [1.165, 1.54) is 4.57 Å². The second-order valence-electron chi connectivity index (χ2n) is 7.33. The Hall–Kier alpha value is -4.05. The van der Waals surface area contributed by atoms with E-state index in [1.54, 1.807) is 24.3 Å². The molecular weight excluding hydrogens is 459 g/mol. The number of rotatable bonds is 7. The average Bonchev–Trinajstić information content (AvgIpc) is 2.84. The van der Waals surface area contributed by atoms with E-state index in [-0.39, 0.29) is 22.7 Å². The predicted octanol–water partition coefficient (Wildman–Crippen LogP) is 4.73. The Balaban J connectivity index is 1.65. The number of anilines is 1. The zero-order valence-corrected chi connectivity index (χ0v) is 18.8. The fourth-order valence-corrected chi connectivity index (χ4v) is 4.17. The average molecular weight is 479 g/mol. The summed E-state index contributed by atoms with van der Waals surface area (Å²) in [4.78, 5) is 40.6. The normalized spacial score (nSPS) is 10.9. The van der Waals surface area contributed by atoms with Gasteiger partial charge in [0, 0.05) is 12.1 Å². The third-order valence-electron chi connectivity index (χ3n) is 5.11. The Kier molecular flexibility index (Phi) is 6.69. The number of aromatic nitrogens is 2. The van der Waals surface area contributed by atoms with E-state index in [4.69, 9.17) is 0 Å². The molecule has 1 amide bonds. The maximum atomic E-state index is 14.0. The summed E-state index contributed by atoms with van der Waals surface area (Å²) < 4.78 is 15.5. The van der Waals surface area contributed by atoms with Gasteiger partial charge in [-0.25, -0.2) is 9.37 Å². The first kappa shape index (κ1) is 23.1. The van der Waals surface area contributed by atoms with E-state index in [1.807, 2.05) is 31.2 Å². The molecule has 0 aliphatic carbocycles. The van der Waals surface area contributed by atoms with Crippen molar-refractivity contribution in [1.29, 1.82) is 0 Å². The molecule has 172 valence electrons. The largest absolute Gasteiger partial charge is 0.323 e. The quantitative estimate of drug-likeness (QED) is 0.178. The van der Waals surface area contributed by atoms with Crippen molar-refractivity contribution in [3.05, 3.63) is 98.6 Å². The molecule has 0 saturated carbocycles. The number of nitrogens with one attached hydrogen (secondary N) is 1. The maximum Gasteiger partial charge on any atom is 0.271 e. The highest BCUT2D eigenvalue weighted by molar-refractivity contribution is 7.99. The minimum Gasteiger partial charge on any atom is -0.323 e. The van der Waals surface area contributed by atoms with Gasteiger partial charge in [0.1, 0.15) is 5.82 Å². The number of hydrogen-bond acceptors (Lipinski definition) is 6. The van der Waals surface area contributed by atoms with Crippen LogP contribution in [0, 0.1) is 15.9 Å². The molecule has 1 heterocycles. The van der Waals surface area contributed by atoms with Crippen LogP contribution in [0.5, 0.6) is 0 Å². The molecule has 34 heavy (non-hydrogen) atoms. The molecule has 10 heteroatoms. The number of para-hydroxylation sites is 1. The number of halogens is 1. The molecule has 1 N–H and O–H groups in total. The van der Waals surface area contributed by atoms with Gasteiger partial charge in [-0.3, -0.25) is 24.3 Å². The lowest BCUT2D eigenvalue weighted by atomic mass is 10.1. The van der Waals surface area contributed by atoms with Crippen LogP contribution in [-0.2, 0) is 11.2 Å². The van der Waals surface area contributed by atoms with Crippen molar-refractivity contribution in [3.63, 3.8) is 0 Å². The molecule has 3 aromatic carbocycles. The van der Waals surface area contributed by atoms with Crippen molar-refractivity contribution >= 4 is 39.9 Å². The Labute approximate surface area is 197 Å². The number of carbonyl (C=O) groups is 1. The van der Waals surface area contributed by atoms with Gasteiger partial charge in [-0.15, -0.1) is 0 Å². The number of nitro benzene ring substituents is 1. The van der Waals surface area contributed by atoms with Crippen LogP contribution in [0.2, 0.25) is 0 Å². The standard InChI is InChI=1S/C24H19FN4O4S/c1-2-15-7-9-16(10-8-15)28-23(31)18-5-3-4-6-20(18)27-24(28)34-14-22(30)26-21-13-17(29(32)33)11-12-19(21)25/h3-13H,2,14H2,1H3,(H,26,30). The van der Waals surface area contributed by atoms with Gasteiger partial charge in [0.05, 0.1) is 33.0 Å². The van der Waals surface area contributed by atoms with Crippen LogP contribution in [0.1, 0.15) is 12.5 Å². The van der Waals surface area contributed by atoms with Gasteiger partial charge in [0.15, 0.2) is 5.16 Å². The number of amides is 1. The van der Waals surface area contributed by atoms with Gasteiger partial charge in [-0.1, -0.05) is 43.0 Å². The highest BCUT2D eigenvalue weighted by Crippen LogP contribution is 2.24. The van der Waals surface area contributed by atoms with Crippen LogP contribution < -0.4 is 10.9 Å². The molecule has 0 unspecified atom stereocenters. The molecule has 8 nitrogen and oxygen atoms in total. The van der Waals surface area contributed by atoms with Gasteiger partial charge >= 0.3 is 0 Å². The van der Waals surface area contributed by atoms with Crippen molar-refractivity contribution < 1.29 is 14.1 Å². The summed E-state index contributed by atoms with van der Waals surface area (Å²) >= 11 is 1.01. The van der Waals surface area contributed by atoms with Gasteiger partial charge in [0.25, 0.3) is 11.2 Å². The molecule has 0 bridgehead atoms. The second kappa shape index (κ2) is 9.84. The minimum atomic E-state index is -0.791. The summed E-state index contributed by atoms with van der Waals surface area (Å²) in [5.74, 6) is -1.58. The molecule has 0 aliphatic rings. The SMILES string of the molecule is CCc1ccc(-n2c(SCC(=O)Nc3cc([N+](=O)[O-])ccc3F)nc3ccccc3c2=O)cc1. The minimum absolute atomic E-state index is 0.194. The van der Waals surface area contributed by atoms with Crippen LogP contribution in [0.3, 0.4) is 0 Å². The van der Waals surface area contributed by atoms with Crippen LogP contribution in [0.25, 0.3) is 16.6 Å². The summed E-state index contributed by atoms with van der Waals surface area (Å²) in [6.07, 6.45) is 0.848. The smallest absolute Gasteiger partial charge is 0.271 e. The number of aryl methyl sites for hydroxylation is 1. The Bertz CT molecular complexity index is 1450. The van der Waals surface area contributed by atoms with E-state index in [2.05, 4.69) is 10.3 Å². The van der Waals surface area contributed by atoms with Crippen LogP contribution in [-0.4, -0.2) is 26.1 Å². The first-order valence-corrected chi connectivity index (χ1v) is 11.3. The van der Waals surface area contributed by atoms with Crippen molar-refractivity contribution in [2.45, 2.75) is 18.5 Å². The molecule has 0 aliphatic heterocycles. The summed E-state index contributed by atoms with van der Waals surface area (Å²) in [6, 6.07) is 17.3. The Morgan fingerprint density at radius 3 is 2.59 bits per heavy atom. The summed E-state index contributed by atoms with van der Waals surface area (Å²) in [5, 5.41) is 14.0. The first-order valence-electron chi connectivity index (χ1n) is 10.3. The number of fused-ring (bicyclic) bond motifs is 1. The van der Waals surface area contributed by atoms with Gasteiger partial charge in [-0.2, -0.15) is 0 Å². The summed E-state index contributed by atoms with van der Waals surface area (Å²) in [6.45, 7) is 2.03. The molecule has 1 aromatic heterocycles. The molecule has 0 radical (unpaired) electrons. The first-order chi connectivity index (χ1) is 16.4. The fourth-order valence-electron chi connectivity index (χ4n) is 3.36. The lowest BCUT2D eigenvalue weighted by Gasteiger charge is -2.14. The van der Waals surface area contributed by atoms with Crippen molar-refractivity contribution in [1.82, 2.24) is 9.55 Å². The van der Waals surface area contributed by atoms with Crippen molar-refractivity contribution in [2.75, 3.05) is 11.1 Å². The number of carbonyl (C=O) groups excluding carboxylic acids is 1. The molecule has 0 atom stereocenters. The van der Waals surface area contributed by atoms with Crippen molar-refractivity contribution in [2.24, 2.45) is 0 Å².